The fourth-order valence-electron chi connectivity index (χ4n) is 2.39. The number of pyridine rings is 1. The summed E-state index contributed by atoms with van der Waals surface area (Å²) in [5, 5.41) is 2.17. The van der Waals surface area contributed by atoms with E-state index in [1.54, 1.807) is 12.4 Å². The molecule has 0 amide bonds. The predicted octanol–water partition coefficient (Wildman–Crippen LogP) is 3.97. The van der Waals surface area contributed by atoms with Crippen LogP contribution in [-0.2, 0) is 9.53 Å². The molecule has 0 aliphatic heterocycles. The quantitative estimate of drug-likeness (QED) is 0.416. The second-order valence-electron chi connectivity index (χ2n) is 4.85. The maximum atomic E-state index is 11.2. The molecule has 0 bridgehead atoms. The van der Waals surface area contributed by atoms with Crippen molar-refractivity contribution >= 4 is 16.7 Å². The zero-order chi connectivity index (χ0) is 16.1. The number of esters is 1. The number of hydrogen-bond donors (Lipinski definition) is 0. The molecule has 1 heterocycles. The van der Waals surface area contributed by atoms with E-state index in [-0.39, 0.29) is 0 Å². The molecule has 114 valence electrons. The third kappa shape index (κ3) is 3.21. The van der Waals surface area contributed by atoms with Gasteiger partial charge in [0.15, 0.2) is 0 Å². The van der Waals surface area contributed by atoms with Crippen LogP contribution in [0.2, 0.25) is 0 Å². The monoisotopic (exact) mass is 305 g/mol. The SMILES string of the molecule is COC(=O)/C=C\Oc1ccc2ccccc2c1-c1cccnc1. The number of fused-ring (bicyclic) bond motifs is 1. The van der Waals surface area contributed by atoms with Crippen LogP contribution >= 0.6 is 0 Å². The number of ether oxygens (including phenoxy) is 2. The fourth-order valence-corrected chi connectivity index (χ4v) is 2.39. The van der Waals surface area contributed by atoms with Crippen molar-refractivity contribution in [1.29, 1.82) is 0 Å². The summed E-state index contributed by atoms with van der Waals surface area (Å²) < 4.78 is 10.2. The van der Waals surface area contributed by atoms with Gasteiger partial charge >= 0.3 is 5.97 Å². The van der Waals surface area contributed by atoms with Crippen LogP contribution in [0.4, 0.5) is 0 Å². The first kappa shape index (κ1) is 14.8. The van der Waals surface area contributed by atoms with Gasteiger partial charge in [-0.05, 0) is 22.9 Å². The molecule has 0 aliphatic rings. The minimum Gasteiger partial charge on any atom is -0.466 e. The van der Waals surface area contributed by atoms with Crippen LogP contribution < -0.4 is 4.74 Å². The molecular weight excluding hydrogens is 290 g/mol. The second kappa shape index (κ2) is 6.75. The molecule has 3 rings (SSSR count). The van der Waals surface area contributed by atoms with E-state index in [1.807, 2.05) is 48.5 Å². The minimum atomic E-state index is -0.464. The van der Waals surface area contributed by atoms with E-state index < -0.39 is 5.97 Å². The second-order valence-corrected chi connectivity index (χ2v) is 4.85. The van der Waals surface area contributed by atoms with E-state index in [0.29, 0.717) is 5.75 Å². The van der Waals surface area contributed by atoms with Crippen molar-refractivity contribution in [2.24, 2.45) is 0 Å². The van der Waals surface area contributed by atoms with Crippen molar-refractivity contribution in [2.45, 2.75) is 0 Å². The Morgan fingerprint density at radius 1 is 1.09 bits per heavy atom. The molecule has 0 saturated heterocycles. The third-order valence-corrected chi connectivity index (χ3v) is 3.44. The van der Waals surface area contributed by atoms with Gasteiger partial charge in [0.2, 0.25) is 0 Å². The number of benzene rings is 2. The Labute approximate surface area is 134 Å². The van der Waals surface area contributed by atoms with Gasteiger partial charge in [0.25, 0.3) is 0 Å². The van der Waals surface area contributed by atoms with Crippen molar-refractivity contribution in [3.63, 3.8) is 0 Å². The van der Waals surface area contributed by atoms with E-state index in [4.69, 9.17) is 4.74 Å². The van der Waals surface area contributed by atoms with Crippen LogP contribution in [0.1, 0.15) is 0 Å². The van der Waals surface area contributed by atoms with Crippen molar-refractivity contribution in [1.82, 2.24) is 4.98 Å². The number of carbonyl (C=O) groups is 1. The Kier molecular flexibility index (Phi) is 4.34. The molecule has 1 aromatic heterocycles. The van der Waals surface area contributed by atoms with Crippen molar-refractivity contribution in [3.8, 4) is 16.9 Å². The van der Waals surface area contributed by atoms with E-state index >= 15 is 0 Å². The van der Waals surface area contributed by atoms with Crippen molar-refractivity contribution in [2.75, 3.05) is 7.11 Å². The minimum absolute atomic E-state index is 0.464. The zero-order valence-electron chi connectivity index (χ0n) is 12.6. The first-order chi connectivity index (χ1) is 11.3. The lowest BCUT2D eigenvalue weighted by Gasteiger charge is -2.12. The summed E-state index contributed by atoms with van der Waals surface area (Å²) in [6, 6.07) is 15.8. The van der Waals surface area contributed by atoms with Crippen LogP contribution in [-0.4, -0.2) is 18.1 Å². The van der Waals surface area contributed by atoms with Gasteiger partial charge in [-0.15, -0.1) is 0 Å². The summed E-state index contributed by atoms with van der Waals surface area (Å²) in [6.07, 6.45) is 6.09. The lowest BCUT2D eigenvalue weighted by molar-refractivity contribution is -0.134. The standard InChI is InChI=1S/C19H15NO3/c1-22-18(21)10-12-23-17-9-8-14-5-2-3-7-16(14)19(17)15-6-4-11-20-13-15/h2-13H,1H3/b12-10-. The molecule has 23 heavy (non-hydrogen) atoms. The molecule has 2 aromatic carbocycles. The third-order valence-electron chi connectivity index (χ3n) is 3.44. The molecule has 0 fully saturated rings. The van der Waals surface area contributed by atoms with Crippen LogP contribution in [0.3, 0.4) is 0 Å². The molecular formula is C19H15NO3. The van der Waals surface area contributed by atoms with Gasteiger partial charge in [-0.2, -0.15) is 0 Å². The van der Waals surface area contributed by atoms with E-state index in [2.05, 4.69) is 9.72 Å². The summed E-state index contributed by atoms with van der Waals surface area (Å²) in [5.41, 5.74) is 1.89. The van der Waals surface area contributed by atoms with Gasteiger partial charge < -0.3 is 9.47 Å². The van der Waals surface area contributed by atoms with Gasteiger partial charge in [-0.3, -0.25) is 4.98 Å². The number of rotatable bonds is 4. The molecule has 0 unspecified atom stereocenters. The summed E-state index contributed by atoms with van der Waals surface area (Å²) in [6.45, 7) is 0. The number of carbonyl (C=O) groups excluding carboxylic acids is 1. The molecule has 4 heteroatoms. The Hall–Kier alpha value is -3.14. The van der Waals surface area contributed by atoms with Gasteiger partial charge in [-0.25, -0.2) is 4.79 Å². The molecule has 3 aromatic rings. The molecule has 0 radical (unpaired) electrons. The molecule has 0 N–H and O–H groups in total. The van der Waals surface area contributed by atoms with E-state index in [0.717, 1.165) is 21.9 Å². The smallest absolute Gasteiger partial charge is 0.333 e. The highest BCUT2D eigenvalue weighted by atomic mass is 16.5. The average Bonchev–Trinajstić information content (AvgIpc) is 2.62. The normalized spacial score (nSPS) is 10.8. The summed E-state index contributed by atoms with van der Waals surface area (Å²) in [4.78, 5) is 15.4. The van der Waals surface area contributed by atoms with Gasteiger partial charge in [0, 0.05) is 23.5 Å². The highest BCUT2D eigenvalue weighted by Gasteiger charge is 2.11. The summed E-state index contributed by atoms with van der Waals surface area (Å²) in [7, 11) is 1.32. The van der Waals surface area contributed by atoms with E-state index in [9.17, 15) is 4.79 Å². The maximum Gasteiger partial charge on any atom is 0.333 e. The van der Waals surface area contributed by atoms with Crippen LogP contribution in [0.25, 0.3) is 21.9 Å². The summed E-state index contributed by atoms with van der Waals surface area (Å²) >= 11 is 0. The van der Waals surface area contributed by atoms with Gasteiger partial charge in [-0.1, -0.05) is 36.4 Å². The van der Waals surface area contributed by atoms with Crippen molar-refractivity contribution < 1.29 is 14.3 Å². The number of methoxy groups -OCH3 is 1. The highest BCUT2D eigenvalue weighted by molar-refractivity contribution is 5.99. The lowest BCUT2D eigenvalue weighted by atomic mass is 9.98. The van der Waals surface area contributed by atoms with Crippen LogP contribution in [0.15, 0.2) is 73.3 Å². The van der Waals surface area contributed by atoms with E-state index in [1.165, 1.54) is 19.4 Å². The lowest BCUT2D eigenvalue weighted by Crippen LogP contribution is -1.96. The van der Waals surface area contributed by atoms with Crippen molar-refractivity contribution in [3.05, 3.63) is 73.3 Å². The molecule has 0 saturated carbocycles. The maximum absolute atomic E-state index is 11.2. The van der Waals surface area contributed by atoms with Gasteiger partial charge in [0.1, 0.15) is 5.75 Å². The largest absolute Gasteiger partial charge is 0.466 e. The Bertz CT molecular complexity index is 857. The zero-order valence-corrected chi connectivity index (χ0v) is 12.6. The van der Waals surface area contributed by atoms with Crippen LogP contribution in [0, 0.1) is 0 Å². The first-order valence-electron chi connectivity index (χ1n) is 7.13. The van der Waals surface area contributed by atoms with Crippen LogP contribution in [0.5, 0.6) is 5.75 Å². The summed E-state index contributed by atoms with van der Waals surface area (Å²) in [5.74, 6) is 0.186. The first-order valence-corrected chi connectivity index (χ1v) is 7.13. The fraction of sp³-hybridized carbons (Fsp3) is 0.0526. The molecule has 0 aliphatic carbocycles. The Morgan fingerprint density at radius 2 is 1.96 bits per heavy atom. The average molecular weight is 305 g/mol. The molecule has 0 atom stereocenters. The Balaban J connectivity index is 2.10. The number of nitrogens with zero attached hydrogens (tertiary/aromatic N) is 1. The molecule has 0 spiro atoms. The number of aromatic nitrogens is 1. The molecule has 4 nitrogen and oxygen atoms in total. The van der Waals surface area contributed by atoms with Gasteiger partial charge in [0.05, 0.1) is 19.4 Å². The predicted molar refractivity (Wildman–Crippen MR) is 89.0 cm³/mol. The topological polar surface area (TPSA) is 48.4 Å². The Morgan fingerprint density at radius 3 is 2.74 bits per heavy atom. The number of hydrogen-bond acceptors (Lipinski definition) is 4. The highest BCUT2D eigenvalue weighted by Crippen LogP contribution is 2.36.